The smallest absolute Gasteiger partial charge is 0.219 e. The number of hydrogen-bond acceptors (Lipinski definition) is 5. The Morgan fingerprint density at radius 2 is 1.77 bits per heavy atom. The largest absolute Gasteiger partial charge is 0.476 e. The van der Waals surface area contributed by atoms with Crippen LogP contribution in [0.4, 0.5) is 0 Å². The summed E-state index contributed by atoms with van der Waals surface area (Å²) in [5.74, 6) is 0. The zero-order chi connectivity index (χ0) is 9.94. The van der Waals surface area contributed by atoms with E-state index in [0.717, 1.165) is 6.61 Å². The minimum atomic E-state index is 0.520. The van der Waals surface area contributed by atoms with Crippen LogP contribution in [0.3, 0.4) is 0 Å². The molecule has 0 unspecified atom stereocenters. The average molecular weight is 224 g/mol. The minimum absolute atomic E-state index is 0.520. The first kappa shape index (κ1) is 13.2. The van der Waals surface area contributed by atoms with E-state index < -0.39 is 0 Å². The molecule has 0 aromatic heterocycles. The summed E-state index contributed by atoms with van der Waals surface area (Å²) in [6.45, 7) is 5.03. The third-order valence-corrected chi connectivity index (χ3v) is 2.26. The van der Waals surface area contributed by atoms with Gasteiger partial charge in [-0.25, -0.2) is 0 Å². The van der Waals surface area contributed by atoms with Gasteiger partial charge in [0.25, 0.3) is 0 Å². The van der Waals surface area contributed by atoms with Crippen LogP contribution in [0.1, 0.15) is 6.92 Å². The van der Waals surface area contributed by atoms with Crippen molar-refractivity contribution < 1.29 is 14.2 Å². The molecule has 0 spiro atoms. The van der Waals surface area contributed by atoms with Crippen molar-refractivity contribution in [1.82, 2.24) is 0 Å². The quantitative estimate of drug-likeness (QED) is 0.485. The van der Waals surface area contributed by atoms with Crippen molar-refractivity contribution in [3.8, 4) is 0 Å². The van der Waals surface area contributed by atoms with Crippen molar-refractivity contribution >= 4 is 28.4 Å². The van der Waals surface area contributed by atoms with E-state index in [-0.39, 0.29) is 0 Å². The van der Waals surface area contributed by atoms with Gasteiger partial charge in [-0.2, -0.15) is 0 Å². The fraction of sp³-hybridized carbons (Fsp3) is 0.875. The van der Waals surface area contributed by atoms with E-state index in [9.17, 15) is 0 Å². The molecule has 0 aliphatic heterocycles. The second-order valence-electron chi connectivity index (χ2n) is 2.11. The highest BCUT2D eigenvalue weighted by Crippen LogP contribution is 1.98. The van der Waals surface area contributed by atoms with Crippen molar-refractivity contribution in [3.63, 3.8) is 0 Å². The SMILES string of the molecule is CCOCCOCCOC(=S)SC. The Bertz CT molecular complexity index is 131. The lowest BCUT2D eigenvalue weighted by molar-refractivity contribution is 0.0399. The molecule has 0 saturated heterocycles. The van der Waals surface area contributed by atoms with Crippen LogP contribution in [-0.4, -0.2) is 43.7 Å². The van der Waals surface area contributed by atoms with E-state index in [0.29, 0.717) is 30.8 Å². The maximum absolute atomic E-state index is 5.21. The van der Waals surface area contributed by atoms with Gasteiger partial charge in [-0.15, -0.1) is 0 Å². The zero-order valence-corrected chi connectivity index (χ0v) is 9.71. The highest BCUT2D eigenvalue weighted by Gasteiger charge is 1.93. The highest BCUT2D eigenvalue weighted by atomic mass is 32.2. The summed E-state index contributed by atoms with van der Waals surface area (Å²) in [6, 6.07) is 0. The maximum atomic E-state index is 5.21. The Kier molecular flexibility index (Phi) is 10.4. The molecule has 0 aliphatic carbocycles. The molecule has 0 fully saturated rings. The highest BCUT2D eigenvalue weighted by molar-refractivity contribution is 8.22. The van der Waals surface area contributed by atoms with Crippen molar-refractivity contribution in [2.75, 3.05) is 39.3 Å². The van der Waals surface area contributed by atoms with Crippen molar-refractivity contribution in [2.24, 2.45) is 0 Å². The van der Waals surface area contributed by atoms with Crippen molar-refractivity contribution in [2.45, 2.75) is 6.92 Å². The Balaban J connectivity index is 2.95. The van der Waals surface area contributed by atoms with Crippen LogP contribution in [0, 0.1) is 0 Å². The number of thioether (sulfide) groups is 1. The number of hydrogen-bond donors (Lipinski definition) is 0. The molecule has 0 aliphatic rings. The van der Waals surface area contributed by atoms with Crippen molar-refractivity contribution in [3.05, 3.63) is 0 Å². The second kappa shape index (κ2) is 10.2. The van der Waals surface area contributed by atoms with E-state index >= 15 is 0 Å². The minimum Gasteiger partial charge on any atom is -0.476 e. The molecule has 0 rings (SSSR count). The third-order valence-electron chi connectivity index (χ3n) is 1.19. The molecule has 0 amide bonds. The predicted octanol–water partition coefficient (Wildman–Crippen LogP) is 1.70. The van der Waals surface area contributed by atoms with Gasteiger partial charge in [0.15, 0.2) is 0 Å². The number of rotatable bonds is 7. The predicted molar refractivity (Wildman–Crippen MR) is 59.4 cm³/mol. The number of ether oxygens (including phenoxy) is 3. The molecule has 0 aromatic rings. The molecule has 0 bridgehead atoms. The van der Waals surface area contributed by atoms with Gasteiger partial charge in [-0.1, -0.05) is 11.8 Å². The van der Waals surface area contributed by atoms with E-state index in [4.69, 9.17) is 26.4 Å². The zero-order valence-electron chi connectivity index (χ0n) is 8.08. The van der Waals surface area contributed by atoms with Crippen LogP contribution >= 0.6 is 24.0 Å². The van der Waals surface area contributed by atoms with Crippen LogP contribution in [-0.2, 0) is 14.2 Å². The molecule has 0 radical (unpaired) electrons. The fourth-order valence-corrected chi connectivity index (χ4v) is 0.892. The van der Waals surface area contributed by atoms with Crippen molar-refractivity contribution in [1.29, 1.82) is 0 Å². The van der Waals surface area contributed by atoms with Gasteiger partial charge in [0.05, 0.1) is 19.8 Å². The van der Waals surface area contributed by atoms with Crippen LogP contribution in [0.2, 0.25) is 0 Å². The molecular formula is C8H16O3S2. The fourth-order valence-electron chi connectivity index (χ4n) is 0.607. The second-order valence-corrected chi connectivity index (χ2v) is 3.52. The first-order chi connectivity index (χ1) is 6.31. The van der Waals surface area contributed by atoms with Gasteiger partial charge in [0, 0.05) is 6.61 Å². The monoisotopic (exact) mass is 224 g/mol. The summed E-state index contributed by atoms with van der Waals surface area (Å²) >= 11 is 6.26. The lowest BCUT2D eigenvalue weighted by Gasteiger charge is -2.05. The Hall–Kier alpha value is 0.160. The Morgan fingerprint density at radius 3 is 2.38 bits per heavy atom. The van der Waals surface area contributed by atoms with Gasteiger partial charge in [0.1, 0.15) is 6.61 Å². The average Bonchev–Trinajstić information content (AvgIpc) is 2.16. The molecular weight excluding hydrogens is 208 g/mol. The molecule has 0 N–H and O–H groups in total. The van der Waals surface area contributed by atoms with Crippen LogP contribution in [0.15, 0.2) is 0 Å². The Labute approximate surface area is 89.1 Å². The van der Waals surface area contributed by atoms with Gasteiger partial charge >= 0.3 is 0 Å². The summed E-state index contributed by atoms with van der Waals surface area (Å²) in [4.78, 5) is 0. The molecule has 0 aromatic carbocycles. The third kappa shape index (κ3) is 10.1. The van der Waals surface area contributed by atoms with Gasteiger partial charge in [0.2, 0.25) is 4.38 Å². The molecule has 0 saturated carbocycles. The molecule has 0 heterocycles. The molecule has 3 nitrogen and oxygen atoms in total. The molecule has 78 valence electrons. The lowest BCUT2D eigenvalue weighted by atomic mass is 10.7. The summed E-state index contributed by atoms with van der Waals surface area (Å²) in [7, 11) is 0. The standard InChI is InChI=1S/C8H16O3S2/c1-3-9-4-5-10-6-7-11-8(12)13-2/h3-7H2,1-2H3. The Morgan fingerprint density at radius 1 is 1.15 bits per heavy atom. The van der Waals surface area contributed by atoms with E-state index in [1.807, 2.05) is 13.2 Å². The van der Waals surface area contributed by atoms with Gasteiger partial charge < -0.3 is 14.2 Å². The van der Waals surface area contributed by atoms with Gasteiger partial charge in [-0.3, -0.25) is 0 Å². The molecule has 0 atom stereocenters. The van der Waals surface area contributed by atoms with Crippen LogP contribution < -0.4 is 0 Å². The molecule has 13 heavy (non-hydrogen) atoms. The van der Waals surface area contributed by atoms with Crippen LogP contribution in [0.25, 0.3) is 0 Å². The van der Waals surface area contributed by atoms with E-state index in [1.54, 1.807) is 0 Å². The van der Waals surface area contributed by atoms with Gasteiger partial charge in [-0.05, 0) is 25.4 Å². The summed E-state index contributed by atoms with van der Waals surface area (Å²) < 4.78 is 16.0. The first-order valence-electron chi connectivity index (χ1n) is 4.17. The molecule has 5 heteroatoms. The van der Waals surface area contributed by atoms with E-state index in [1.165, 1.54) is 11.8 Å². The first-order valence-corrected chi connectivity index (χ1v) is 5.80. The summed E-state index contributed by atoms with van der Waals surface area (Å²) in [5.41, 5.74) is 0. The summed E-state index contributed by atoms with van der Waals surface area (Å²) in [5, 5.41) is 0. The number of thiocarbonyl (C=S) groups is 1. The lowest BCUT2D eigenvalue weighted by Crippen LogP contribution is -2.10. The maximum Gasteiger partial charge on any atom is 0.219 e. The summed E-state index contributed by atoms with van der Waals surface area (Å²) in [6.07, 6.45) is 1.89. The van der Waals surface area contributed by atoms with Crippen LogP contribution in [0.5, 0.6) is 0 Å². The normalized spacial score (nSPS) is 10.0. The van der Waals surface area contributed by atoms with E-state index in [2.05, 4.69) is 0 Å². The topological polar surface area (TPSA) is 27.7 Å².